The Morgan fingerprint density at radius 2 is 1.88 bits per heavy atom. The molecule has 0 aliphatic carbocycles. The number of ether oxygens (including phenoxy) is 2. The first-order chi connectivity index (χ1) is 11.7. The summed E-state index contributed by atoms with van der Waals surface area (Å²) in [4.78, 5) is 28.9. The molecule has 0 unspecified atom stereocenters. The third kappa shape index (κ3) is 3.33. The highest BCUT2D eigenvalue weighted by Crippen LogP contribution is 2.21. The zero-order valence-electron chi connectivity index (χ0n) is 12.6. The number of hydrogen-bond acceptors (Lipinski definition) is 8. The Morgan fingerprint density at radius 3 is 2.54 bits per heavy atom. The molecule has 0 N–H and O–H groups in total. The lowest BCUT2D eigenvalue weighted by atomic mass is 10.1. The summed E-state index contributed by atoms with van der Waals surface area (Å²) in [5, 5.41) is 5.73. The first kappa shape index (κ1) is 15.9. The van der Waals surface area contributed by atoms with Crippen LogP contribution in [0.5, 0.6) is 0 Å². The maximum Gasteiger partial charge on any atom is 0.339 e. The number of benzene rings is 1. The molecule has 0 saturated carbocycles. The van der Waals surface area contributed by atoms with Crippen LogP contribution in [-0.4, -0.2) is 29.2 Å². The number of carbonyl (C=O) groups excluding carboxylic acids is 2. The summed E-state index contributed by atoms with van der Waals surface area (Å²) in [6.07, 6.45) is 0. The molecule has 7 nitrogen and oxygen atoms in total. The summed E-state index contributed by atoms with van der Waals surface area (Å²) in [7, 11) is 1.25. The van der Waals surface area contributed by atoms with Crippen molar-refractivity contribution in [1.82, 2.24) is 10.1 Å². The molecule has 0 aliphatic heterocycles. The number of hydrogen-bond donors (Lipinski definition) is 0. The van der Waals surface area contributed by atoms with Gasteiger partial charge in [-0.15, -0.1) is 11.3 Å². The van der Waals surface area contributed by atoms with Gasteiger partial charge in [-0.25, -0.2) is 9.59 Å². The summed E-state index contributed by atoms with van der Waals surface area (Å²) in [6.45, 7) is -0.188. The number of carbonyl (C=O) groups is 2. The summed E-state index contributed by atoms with van der Waals surface area (Å²) < 4.78 is 14.8. The standard InChI is InChI=1S/C16H12N2O5S/c1-21-15(19)10-5-2-3-6-11(10)16(20)22-9-13-17-14(18-23-13)12-7-4-8-24-12/h2-8H,9H2,1H3. The molecule has 2 heterocycles. The topological polar surface area (TPSA) is 91.5 Å². The molecular formula is C16H12N2O5S. The van der Waals surface area contributed by atoms with E-state index in [1.54, 1.807) is 12.1 Å². The van der Waals surface area contributed by atoms with Gasteiger partial charge in [0.1, 0.15) is 0 Å². The fourth-order valence-electron chi connectivity index (χ4n) is 1.97. The van der Waals surface area contributed by atoms with E-state index in [1.165, 1.54) is 30.6 Å². The summed E-state index contributed by atoms with van der Waals surface area (Å²) in [5.41, 5.74) is 0.247. The van der Waals surface area contributed by atoms with Gasteiger partial charge in [-0.2, -0.15) is 4.98 Å². The SMILES string of the molecule is COC(=O)c1ccccc1C(=O)OCc1nc(-c2cccs2)no1. The Hall–Kier alpha value is -3.00. The molecule has 0 bridgehead atoms. The lowest BCUT2D eigenvalue weighted by Crippen LogP contribution is -2.12. The minimum atomic E-state index is -0.674. The van der Waals surface area contributed by atoms with Crippen molar-refractivity contribution in [2.45, 2.75) is 6.61 Å². The molecule has 1 aromatic carbocycles. The predicted octanol–water partition coefficient (Wildman–Crippen LogP) is 2.94. The minimum absolute atomic E-state index is 0.113. The fourth-order valence-corrected chi connectivity index (χ4v) is 2.62. The molecule has 3 aromatic rings. The van der Waals surface area contributed by atoms with Gasteiger partial charge < -0.3 is 14.0 Å². The highest BCUT2D eigenvalue weighted by Gasteiger charge is 2.19. The van der Waals surface area contributed by atoms with Crippen molar-refractivity contribution in [1.29, 1.82) is 0 Å². The molecule has 3 rings (SSSR count). The second kappa shape index (κ2) is 7.05. The molecule has 0 aliphatic rings. The van der Waals surface area contributed by atoms with E-state index >= 15 is 0 Å². The van der Waals surface area contributed by atoms with Crippen LogP contribution < -0.4 is 0 Å². The molecule has 0 amide bonds. The summed E-state index contributed by atoms with van der Waals surface area (Å²) >= 11 is 1.47. The van der Waals surface area contributed by atoms with Crippen LogP contribution in [0.2, 0.25) is 0 Å². The van der Waals surface area contributed by atoms with E-state index in [0.717, 1.165) is 4.88 Å². The van der Waals surface area contributed by atoms with Gasteiger partial charge in [0.15, 0.2) is 6.61 Å². The molecule has 8 heteroatoms. The molecule has 2 aromatic heterocycles. The van der Waals surface area contributed by atoms with E-state index in [-0.39, 0.29) is 23.6 Å². The van der Waals surface area contributed by atoms with Crippen molar-refractivity contribution in [3.05, 3.63) is 58.8 Å². The predicted molar refractivity (Wildman–Crippen MR) is 84.5 cm³/mol. The molecule has 0 radical (unpaired) electrons. The summed E-state index contributed by atoms with van der Waals surface area (Å²) in [5.74, 6) is -0.680. The highest BCUT2D eigenvalue weighted by atomic mass is 32.1. The molecule has 0 saturated heterocycles. The van der Waals surface area contributed by atoms with Gasteiger partial charge in [0.2, 0.25) is 5.82 Å². The Labute approximate surface area is 140 Å². The third-order valence-corrected chi connectivity index (χ3v) is 3.95. The van der Waals surface area contributed by atoms with E-state index in [0.29, 0.717) is 5.82 Å². The van der Waals surface area contributed by atoms with Gasteiger partial charge in [0, 0.05) is 0 Å². The first-order valence-corrected chi connectivity index (χ1v) is 7.78. The minimum Gasteiger partial charge on any atom is -0.465 e. The van der Waals surface area contributed by atoms with Crippen LogP contribution in [0, 0.1) is 0 Å². The zero-order chi connectivity index (χ0) is 16.9. The van der Waals surface area contributed by atoms with Crippen molar-refractivity contribution in [2.75, 3.05) is 7.11 Å². The van der Waals surface area contributed by atoms with Crippen molar-refractivity contribution in [3.8, 4) is 10.7 Å². The average Bonchev–Trinajstić information content (AvgIpc) is 3.30. The third-order valence-electron chi connectivity index (χ3n) is 3.09. The monoisotopic (exact) mass is 344 g/mol. The lowest BCUT2D eigenvalue weighted by molar-refractivity contribution is 0.0418. The second-order valence-corrected chi connectivity index (χ2v) is 5.55. The fraction of sp³-hybridized carbons (Fsp3) is 0.125. The molecule has 122 valence electrons. The molecule has 0 spiro atoms. The van der Waals surface area contributed by atoms with Gasteiger partial charge in [-0.05, 0) is 23.6 Å². The maximum atomic E-state index is 12.2. The number of nitrogens with zero attached hydrogens (tertiary/aromatic N) is 2. The largest absolute Gasteiger partial charge is 0.465 e. The number of esters is 2. The van der Waals surface area contributed by atoms with Crippen molar-refractivity contribution in [3.63, 3.8) is 0 Å². The van der Waals surface area contributed by atoms with Gasteiger partial charge in [-0.3, -0.25) is 0 Å². The molecule has 0 atom stereocenters. The van der Waals surface area contributed by atoms with Gasteiger partial charge in [0.25, 0.3) is 5.89 Å². The normalized spacial score (nSPS) is 10.4. The van der Waals surface area contributed by atoms with Crippen LogP contribution in [0.15, 0.2) is 46.3 Å². The van der Waals surface area contributed by atoms with Crippen LogP contribution in [0.1, 0.15) is 26.6 Å². The smallest absolute Gasteiger partial charge is 0.339 e. The first-order valence-electron chi connectivity index (χ1n) is 6.90. The van der Waals surface area contributed by atoms with Crippen LogP contribution in [0.3, 0.4) is 0 Å². The zero-order valence-corrected chi connectivity index (χ0v) is 13.4. The number of methoxy groups -OCH3 is 1. The highest BCUT2D eigenvalue weighted by molar-refractivity contribution is 7.13. The van der Waals surface area contributed by atoms with E-state index < -0.39 is 11.9 Å². The van der Waals surface area contributed by atoms with Gasteiger partial charge >= 0.3 is 11.9 Å². The van der Waals surface area contributed by atoms with Crippen LogP contribution in [0.4, 0.5) is 0 Å². The van der Waals surface area contributed by atoms with Crippen molar-refractivity contribution in [2.24, 2.45) is 0 Å². The Morgan fingerprint density at radius 1 is 1.12 bits per heavy atom. The van der Waals surface area contributed by atoms with Crippen LogP contribution >= 0.6 is 11.3 Å². The van der Waals surface area contributed by atoms with E-state index in [9.17, 15) is 9.59 Å². The Kier molecular flexibility index (Phi) is 4.66. The quantitative estimate of drug-likeness (QED) is 0.657. The van der Waals surface area contributed by atoms with E-state index in [4.69, 9.17) is 9.26 Å². The number of rotatable bonds is 5. The van der Waals surface area contributed by atoms with E-state index in [2.05, 4.69) is 14.9 Å². The average molecular weight is 344 g/mol. The van der Waals surface area contributed by atoms with Gasteiger partial charge in [0.05, 0.1) is 23.1 Å². The molecule has 0 fully saturated rings. The lowest BCUT2D eigenvalue weighted by Gasteiger charge is -2.06. The summed E-state index contributed by atoms with van der Waals surface area (Å²) in [6, 6.07) is 9.97. The Balaban J connectivity index is 1.69. The van der Waals surface area contributed by atoms with Gasteiger partial charge in [-0.1, -0.05) is 23.4 Å². The molecular weight excluding hydrogens is 332 g/mol. The number of aromatic nitrogens is 2. The van der Waals surface area contributed by atoms with Crippen molar-refractivity contribution < 1.29 is 23.6 Å². The number of thiophene rings is 1. The van der Waals surface area contributed by atoms with Crippen molar-refractivity contribution >= 4 is 23.3 Å². The van der Waals surface area contributed by atoms with Crippen LogP contribution in [-0.2, 0) is 16.1 Å². The second-order valence-electron chi connectivity index (χ2n) is 4.60. The molecule has 24 heavy (non-hydrogen) atoms. The van der Waals surface area contributed by atoms with Crippen LogP contribution in [0.25, 0.3) is 10.7 Å². The Bertz CT molecular complexity index is 857. The maximum absolute atomic E-state index is 12.2. The van der Waals surface area contributed by atoms with E-state index in [1.807, 2.05) is 17.5 Å².